The largest absolute Gasteiger partial charge is 0.386 e. The van der Waals surface area contributed by atoms with E-state index in [1.165, 1.54) is 0 Å². The Morgan fingerprint density at radius 3 is 2.23 bits per heavy atom. The number of nitrogens with two attached hydrogens (primary N) is 2. The second-order valence-electron chi connectivity index (χ2n) is 2.59. The third-order valence-corrected chi connectivity index (χ3v) is 1.39. The Hall–Kier alpha value is -1.84. The van der Waals surface area contributed by atoms with Gasteiger partial charge in [-0.15, -0.1) is 10.2 Å². The van der Waals surface area contributed by atoms with Crippen molar-refractivity contribution in [1.82, 2.24) is 0 Å². The minimum atomic E-state index is 0.366. The van der Waals surface area contributed by atoms with Crippen LogP contribution in [0.25, 0.3) is 0 Å². The molecule has 4 heteroatoms. The van der Waals surface area contributed by atoms with Gasteiger partial charge in [0.05, 0.1) is 0 Å². The van der Waals surface area contributed by atoms with Gasteiger partial charge in [0, 0.05) is 5.56 Å². The van der Waals surface area contributed by atoms with E-state index in [1.807, 2.05) is 30.3 Å². The van der Waals surface area contributed by atoms with Gasteiger partial charge in [-0.3, -0.25) is 0 Å². The standard InChI is InChI=1S/C9H12N4/c1-7(10)12-13-9(11)8-5-3-2-4-6-8/h2-6H,1H3,(H2,10,12)(H2,11,13). The summed E-state index contributed by atoms with van der Waals surface area (Å²) in [5, 5.41) is 7.41. The summed E-state index contributed by atoms with van der Waals surface area (Å²) in [6, 6.07) is 9.40. The summed E-state index contributed by atoms with van der Waals surface area (Å²) in [7, 11) is 0. The molecule has 0 atom stereocenters. The van der Waals surface area contributed by atoms with Crippen molar-refractivity contribution in [3.05, 3.63) is 35.9 Å². The van der Waals surface area contributed by atoms with Crippen molar-refractivity contribution < 1.29 is 0 Å². The maximum atomic E-state index is 5.63. The van der Waals surface area contributed by atoms with Crippen LogP contribution in [-0.4, -0.2) is 11.7 Å². The second kappa shape index (κ2) is 4.25. The van der Waals surface area contributed by atoms with Gasteiger partial charge >= 0.3 is 0 Å². The van der Waals surface area contributed by atoms with Crippen LogP contribution in [0.1, 0.15) is 12.5 Å². The van der Waals surface area contributed by atoms with E-state index in [2.05, 4.69) is 10.2 Å². The maximum Gasteiger partial charge on any atom is 0.153 e. The first-order valence-corrected chi connectivity index (χ1v) is 3.89. The molecule has 0 aliphatic heterocycles. The Morgan fingerprint density at radius 1 is 1.08 bits per heavy atom. The minimum Gasteiger partial charge on any atom is -0.386 e. The van der Waals surface area contributed by atoms with Crippen LogP contribution in [0.5, 0.6) is 0 Å². The molecular formula is C9H12N4. The summed E-state index contributed by atoms with van der Waals surface area (Å²) < 4.78 is 0. The van der Waals surface area contributed by atoms with Gasteiger partial charge in [-0.25, -0.2) is 0 Å². The van der Waals surface area contributed by atoms with Gasteiger partial charge in [0.25, 0.3) is 0 Å². The number of rotatable bonds is 2. The zero-order valence-corrected chi connectivity index (χ0v) is 7.44. The van der Waals surface area contributed by atoms with E-state index in [9.17, 15) is 0 Å². The number of hydrogen-bond acceptors (Lipinski definition) is 2. The van der Waals surface area contributed by atoms with Crippen molar-refractivity contribution in [2.24, 2.45) is 21.7 Å². The van der Waals surface area contributed by atoms with Crippen molar-refractivity contribution in [2.75, 3.05) is 0 Å². The molecule has 13 heavy (non-hydrogen) atoms. The van der Waals surface area contributed by atoms with E-state index >= 15 is 0 Å². The van der Waals surface area contributed by atoms with Crippen LogP contribution in [0.2, 0.25) is 0 Å². The van der Waals surface area contributed by atoms with Crippen molar-refractivity contribution in [2.45, 2.75) is 6.92 Å². The average Bonchev–Trinajstić information content (AvgIpc) is 2.15. The zero-order chi connectivity index (χ0) is 9.68. The molecule has 4 nitrogen and oxygen atoms in total. The molecule has 0 amide bonds. The monoisotopic (exact) mass is 176 g/mol. The lowest BCUT2D eigenvalue weighted by atomic mass is 10.2. The molecule has 0 saturated heterocycles. The highest BCUT2D eigenvalue weighted by molar-refractivity contribution is 5.97. The number of nitrogens with zero attached hydrogens (tertiary/aromatic N) is 2. The lowest BCUT2D eigenvalue weighted by Gasteiger charge is -1.96. The van der Waals surface area contributed by atoms with E-state index in [1.54, 1.807) is 6.92 Å². The molecule has 0 bridgehead atoms. The van der Waals surface area contributed by atoms with Gasteiger partial charge in [0.1, 0.15) is 5.84 Å². The molecule has 4 N–H and O–H groups in total. The second-order valence-corrected chi connectivity index (χ2v) is 2.59. The van der Waals surface area contributed by atoms with Crippen molar-refractivity contribution >= 4 is 11.7 Å². The first kappa shape index (κ1) is 9.25. The highest BCUT2D eigenvalue weighted by atomic mass is 15.2. The Bertz CT molecular complexity index is 323. The molecule has 0 aromatic heterocycles. The summed E-state index contributed by atoms with van der Waals surface area (Å²) in [5.41, 5.74) is 11.8. The molecule has 0 radical (unpaired) electrons. The van der Waals surface area contributed by atoms with Crippen LogP contribution < -0.4 is 11.5 Å². The first-order valence-electron chi connectivity index (χ1n) is 3.89. The summed E-state index contributed by atoms with van der Waals surface area (Å²) in [6.07, 6.45) is 0. The fourth-order valence-electron chi connectivity index (χ4n) is 0.799. The molecule has 1 rings (SSSR count). The summed E-state index contributed by atoms with van der Waals surface area (Å²) >= 11 is 0. The third kappa shape index (κ3) is 2.94. The Morgan fingerprint density at radius 2 is 1.69 bits per heavy atom. The number of hydrogen-bond donors (Lipinski definition) is 2. The molecule has 0 saturated carbocycles. The van der Waals surface area contributed by atoms with E-state index in [0.29, 0.717) is 11.7 Å². The predicted molar refractivity (Wildman–Crippen MR) is 54.5 cm³/mol. The number of benzene rings is 1. The van der Waals surface area contributed by atoms with Gasteiger partial charge in [0.2, 0.25) is 0 Å². The fourth-order valence-corrected chi connectivity index (χ4v) is 0.799. The van der Waals surface area contributed by atoms with Crippen LogP contribution in [0.15, 0.2) is 40.5 Å². The quantitative estimate of drug-likeness (QED) is 0.395. The van der Waals surface area contributed by atoms with E-state index in [0.717, 1.165) is 5.56 Å². The molecule has 1 aromatic rings. The van der Waals surface area contributed by atoms with Crippen LogP contribution in [0.4, 0.5) is 0 Å². The molecule has 0 aliphatic rings. The third-order valence-electron chi connectivity index (χ3n) is 1.39. The smallest absolute Gasteiger partial charge is 0.153 e. The first-order chi connectivity index (χ1) is 6.20. The van der Waals surface area contributed by atoms with Crippen molar-refractivity contribution in [3.63, 3.8) is 0 Å². The highest BCUT2D eigenvalue weighted by Crippen LogP contribution is 1.97. The predicted octanol–water partition coefficient (Wildman–Crippen LogP) is 0.684. The molecule has 0 unspecified atom stereocenters. The van der Waals surface area contributed by atoms with Crippen LogP contribution in [-0.2, 0) is 0 Å². The molecule has 0 aliphatic carbocycles. The van der Waals surface area contributed by atoms with Crippen LogP contribution >= 0.6 is 0 Å². The topological polar surface area (TPSA) is 76.8 Å². The van der Waals surface area contributed by atoms with Gasteiger partial charge in [-0.05, 0) is 6.92 Å². The molecule has 0 fully saturated rings. The van der Waals surface area contributed by atoms with E-state index in [4.69, 9.17) is 11.5 Å². The summed E-state index contributed by atoms with van der Waals surface area (Å²) in [4.78, 5) is 0. The SMILES string of the molecule is C/C(N)=N/N=C(\N)c1ccccc1. The maximum absolute atomic E-state index is 5.63. The van der Waals surface area contributed by atoms with Crippen molar-refractivity contribution in [3.8, 4) is 0 Å². The van der Waals surface area contributed by atoms with E-state index in [-0.39, 0.29) is 0 Å². The summed E-state index contributed by atoms with van der Waals surface area (Å²) in [5.74, 6) is 0.754. The molecule has 0 heterocycles. The van der Waals surface area contributed by atoms with Gasteiger partial charge in [-0.1, -0.05) is 30.3 Å². The van der Waals surface area contributed by atoms with Gasteiger partial charge in [-0.2, -0.15) is 0 Å². The lowest BCUT2D eigenvalue weighted by Crippen LogP contribution is -2.13. The molecule has 1 aromatic carbocycles. The Kier molecular flexibility index (Phi) is 3.03. The lowest BCUT2D eigenvalue weighted by molar-refractivity contribution is 1.20. The van der Waals surface area contributed by atoms with E-state index < -0.39 is 0 Å². The fraction of sp³-hybridized carbons (Fsp3) is 0.111. The zero-order valence-electron chi connectivity index (χ0n) is 7.44. The van der Waals surface area contributed by atoms with Crippen LogP contribution in [0, 0.1) is 0 Å². The minimum absolute atomic E-state index is 0.366. The summed E-state index contributed by atoms with van der Waals surface area (Å²) in [6.45, 7) is 1.65. The Balaban J connectivity index is 2.86. The van der Waals surface area contributed by atoms with Crippen molar-refractivity contribution in [1.29, 1.82) is 0 Å². The molecule has 68 valence electrons. The Labute approximate surface area is 77.0 Å². The van der Waals surface area contributed by atoms with Gasteiger partial charge < -0.3 is 11.5 Å². The normalized spacial score (nSPS) is 13.0. The van der Waals surface area contributed by atoms with Crippen LogP contribution in [0.3, 0.4) is 0 Å². The number of amidine groups is 2. The van der Waals surface area contributed by atoms with Gasteiger partial charge in [0.15, 0.2) is 5.84 Å². The average molecular weight is 176 g/mol. The molecular weight excluding hydrogens is 164 g/mol. The highest BCUT2D eigenvalue weighted by Gasteiger charge is 1.94. The molecule has 0 spiro atoms.